The lowest BCUT2D eigenvalue weighted by atomic mass is 10.1. The third-order valence-electron chi connectivity index (χ3n) is 3.98. The molecule has 3 rings (SSSR count). The van der Waals surface area contributed by atoms with E-state index in [0.717, 1.165) is 11.6 Å². The number of anilines is 1. The Morgan fingerprint density at radius 1 is 1.30 bits per heavy atom. The number of nitrogens with one attached hydrogen (secondary N) is 1. The average Bonchev–Trinajstić information content (AvgIpc) is 2.90. The molecule has 0 bridgehead atoms. The van der Waals surface area contributed by atoms with Gasteiger partial charge in [-0.3, -0.25) is 19.8 Å². The Bertz CT molecular complexity index is 985. The van der Waals surface area contributed by atoms with Crippen molar-refractivity contribution in [2.24, 2.45) is 0 Å². The maximum Gasteiger partial charge on any atom is 0.315 e. The molecule has 0 aromatic heterocycles. The van der Waals surface area contributed by atoms with Crippen LogP contribution in [0.15, 0.2) is 42.1 Å². The monoisotopic (exact) mass is 385 g/mol. The number of nitrogens with zero attached hydrogens (tertiary/aromatic N) is 2. The summed E-state index contributed by atoms with van der Waals surface area (Å²) in [7, 11) is 1.28. The first-order valence-electron chi connectivity index (χ1n) is 7.81. The molecule has 9 heteroatoms. The second-order valence-electron chi connectivity index (χ2n) is 5.81. The van der Waals surface area contributed by atoms with E-state index in [2.05, 4.69) is 5.32 Å². The number of amides is 1. The highest BCUT2D eigenvalue weighted by atomic mass is 32.1. The minimum Gasteiger partial charge on any atom is -0.500 e. The molecular formula is C18H15N3O5S. The van der Waals surface area contributed by atoms with Crippen LogP contribution < -0.4 is 15.0 Å². The van der Waals surface area contributed by atoms with Gasteiger partial charge in [-0.25, -0.2) is 0 Å². The normalized spacial score (nSPS) is 15.2. The van der Waals surface area contributed by atoms with Crippen LogP contribution in [0.5, 0.6) is 11.5 Å². The number of aromatic hydroxyl groups is 1. The zero-order chi connectivity index (χ0) is 19.7. The van der Waals surface area contributed by atoms with Gasteiger partial charge in [-0.05, 0) is 49.0 Å². The smallest absolute Gasteiger partial charge is 0.315 e. The molecule has 2 aromatic carbocycles. The summed E-state index contributed by atoms with van der Waals surface area (Å²) in [6.45, 7) is 1.93. The van der Waals surface area contributed by atoms with Crippen molar-refractivity contribution in [3.8, 4) is 11.5 Å². The summed E-state index contributed by atoms with van der Waals surface area (Å²) in [6.07, 6.45) is 1.41. The number of hydrogen-bond donors (Lipinski definition) is 2. The molecule has 0 spiro atoms. The van der Waals surface area contributed by atoms with E-state index >= 15 is 0 Å². The summed E-state index contributed by atoms with van der Waals surface area (Å²) >= 11 is 5.24. The molecule has 0 aliphatic carbocycles. The van der Waals surface area contributed by atoms with Gasteiger partial charge < -0.3 is 15.2 Å². The van der Waals surface area contributed by atoms with Gasteiger partial charge in [0.05, 0.1) is 17.7 Å². The molecule has 0 atom stereocenters. The number of nitro groups is 1. The van der Waals surface area contributed by atoms with Crippen LogP contribution in [0.3, 0.4) is 0 Å². The van der Waals surface area contributed by atoms with Gasteiger partial charge in [0.15, 0.2) is 10.9 Å². The van der Waals surface area contributed by atoms with Gasteiger partial charge in [-0.2, -0.15) is 0 Å². The topological polar surface area (TPSA) is 105 Å². The maximum absolute atomic E-state index is 12.7. The van der Waals surface area contributed by atoms with Gasteiger partial charge >= 0.3 is 5.69 Å². The van der Waals surface area contributed by atoms with E-state index < -0.39 is 22.3 Å². The number of nitro benzene ring substituents is 1. The van der Waals surface area contributed by atoms with Crippen molar-refractivity contribution in [2.75, 3.05) is 12.0 Å². The molecular weight excluding hydrogens is 370 g/mol. The molecule has 8 nitrogen and oxygen atoms in total. The summed E-state index contributed by atoms with van der Waals surface area (Å²) in [6, 6.07) is 9.82. The SMILES string of the molecule is COc1cc(/C=C2\NC(=S)N(c3ccc(C)cc3)C2=O)cc([N+](=O)[O-])c1O. The van der Waals surface area contributed by atoms with Gasteiger partial charge in [0.1, 0.15) is 5.70 Å². The predicted molar refractivity (Wildman–Crippen MR) is 104 cm³/mol. The largest absolute Gasteiger partial charge is 0.500 e. The fourth-order valence-corrected chi connectivity index (χ4v) is 2.92. The van der Waals surface area contributed by atoms with Gasteiger partial charge in [0.2, 0.25) is 5.75 Å². The summed E-state index contributed by atoms with van der Waals surface area (Å²) in [4.78, 5) is 24.5. The highest BCUT2D eigenvalue weighted by Gasteiger charge is 2.32. The number of phenolic OH excluding ortho intramolecular Hbond substituents is 1. The first-order valence-corrected chi connectivity index (χ1v) is 8.22. The van der Waals surface area contributed by atoms with Crippen LogP contribution >= 0.6 is 12.2 Å². The zero-order valence-corrected chi connectivity index (χ0v) is 15.2. The van der Waals surface area contributed by atoms with Crippen LogP contribution in [0.1, 0.15) is 11.1 Å². The van der Waals surface area contributed by atoms with E-state index in [4.69, 9.17) is 17.0 Å². The maximum atomic E-state index is 12.7. The van der Waals surface area contributed by atoms with Crippen LogP contribution in [0.2, 0.25) is 0 Å². The fraction of sp³-hybridized carbons (Fsp3) is 0.111. The van der Waals surface area contributed by atoms with E-state index in [1.165, 1.54) is 24.2 Å². The number of aryl methyl sites for hydroxylation is 1. The fourth-order valence-electron chi connectivity index (χ4n) is 2.62. The Balaban J connectivity index is 2.00. The molecule has 138 valence electrons. The Morgan fingerprint density at radius 3 is 2.56 bits per heavy atom. The van der Waals surface area contributed by atoms with Crippen LogP contribution in [0.25, 0.3) is 6.08 Å². The molecule has 1 amide bonds. The standard InChI is InChI=1S/C18H15N3O5S/c1-10-3-5-12(6-4-10)20-17(23)13(19-18(20)27)7-11-8-14(21(24)25)16(22)15(9-11)26-2/h3-9,22H,1-2H3,(H,19,27)/b13-7-. The number of rotatable bonds is 4. The van der Waals surface area contributed by atoms with Crippen molar-refractivity contribution in [1.82, 2.24) is 5.32 Å². The molecule has 2 aromatic rings. The molecule has 1 aliphatic heterocycles. The van der Waals surface area contributed by atoms with Crippen LogP contribution in [-0.4, -0.2) is 28.2 Å². The highest BCUT2D eigenvalue weighted by Crippen LogP contribution is 2.37. The summed E-state index contributed by atoms with van der Waals surface area (Å²) in [5, 5.41) is 24.0. The number of methoxy groups -OCH3 is 1. The summed E-state index contributed by atoms with van der Waals surface area (Å²) < 4.78 is 4.97. The quantitative estimate of drug-likeness (QED) is 0.361. The van der Waals surface area contributed by atoms with Crippen molar-refractivity contribution in [3.05, 3.63) is 63.3 Å². The zero-order valence-electron chi connectivity index (χ0n) is 14.4. The Hall–Kier alpha value is -3.46. The van der Waals surface area contributed by atoms with E-state index in [9.17, 15) is 20.0 Å². The van der Waals surface area contributed by atoms with Crippen molar-refractivity contribution in [1.29, 1.82) is 0 Å². The number of phenols is 1. The number of ether oxygens (including phenoxy) is 1. The minimum absolute atomic E-state index is 0.0699. The van der Waals surface area contributed by atoms with Gasteiger partial charge in [0, 0.05) is 6.07 Å². The minimum atomic E-state index is -0.729. The molecule has 1 saturated heterocycles. The van der Waals surface area contributed by atoms with Crippen molar-refractivity contribution in [3.63, 3.8) is 0 Å². The Morgan fingerprint density at radius 2 is 1.96 bits per heavy atom. The van der Waals surface area contributed by atoms with E-state index in [1.807, 2.05) is 19.1 Å². The lowest BCUT2D eigenvalue weighted by molar-refractivity contribution is -0.386. The predicted octanol–water partition coefficient (Wildman–Crippen LogP) is 2.88. The molecule has 0 saturated carbocycles. The van der Waals surface area contributed by atoms with E-state index in [-0.39, 0.29) is 16.6 Å². The molecule has 27 heavy (non-hydrogen) atoms. The van der Waals surface area contributed by atoms with Crippen molar-refractivity contribution < 1.29 is 19.6 Å². The van der Waals surface area contributed by atoms with Crippen molar-refractivity contribution >= 4 is 40.7 Å². The molecule has 0 radical (unpaired) electrons. The molecule has 1 heterocycles. The average molecular weight is 385 g/mol. The molecule has 1 fully saturated rings. The van der Waals surface area contributed by atoms with E-state index in [0.29, 0.717) is 11.3 Å². The molecule has 2 N–H and O–H groups in total. The molecule has 0 unspecified atom stereocenters. The second kappa shape index (κ2) is 7.04. The van der Waals surface area contributed by atoms with Crippen LogP contribution in [-0.2, 0) is 4.79 Å². The van der Waals surface area contributed by atoms with E-state index in [1.54, 1.807) is 12.1 Å². The molecule has 1 aliphatic rings. The van der Waals surface area contributed by atoms with Crippen LogP contribution in [0.4, 0.5) is 11.4 Å². The Kier molecular flexibility index (Phi) is 4.78. The number of carbonyl (C=O) groups is 1. The summed E-state index contributed by atoms with van der Waals surface area (Å²) in [5.41, 5.74) is 1.59. The van der Waals surface area contributed by atoms with Gasteiger partial charge in [-0.15, -0.1) is 0 Å². The number of carbonyl (C=O) groups excluding carboxylic acids is 1. The first kappa shape index (κ1) is 18.3. The van der Waals surface area contributed by atoms with Gasteiger partial charge in [-0.1, -0.05) is 17.7 Å². The van der Waals surface area contributed by atoms with Gasteiger partial charge in [0.25, 0.3) is 5.91 Å². The highest BCUT2D eigenvalue weighted by molar-refractivity contribution is 7.80. The first-order chi connectivity index (χ1) is 12.8. The third-order valence-corrected chi connectivity index (χ3v) is 4.26. The number of hydrogen-bond acceptors (Lipinski definition) is 6. The lowest BCUT2D eigenvalue weighted by Gasteiger charge is -2.14. The Labute approximate surface area is 159 Å². The number of thiocarbonyl (C=S) groups is 1. The van der Waals surface area contributed by atoms with Crippen LogP contribution in [0, 0.1) is 17.0 Å². The third kappa shape index (κ3) is 3.44. The van der Waals surface area contributed by atoms with Crippen molar-refractivity contribution in [2.45, 2.75) is 6.92 Å². The number of benzene rings is 2. The summed E-state index contributed by atoms with van der Waals surface area (Å²) in [5.74, 6) is -1.04. The second-order valence-corrected chi connectivity index (χ2v) is 6.20. The lowest BCUT2D eigenvalue weighted by Crippen LogP contribution is -2.30.